The molecule has 0 bridgehead atoms. The molecule has 1 N–H and O–H groups in total. The normalized spacial score (nSPS) is 11.3. The molecule has 1 aromatic heterocycles. The average Bonchev–Trinajstić information content (AvgIpc) is 3.17. The van der Waals surface area contributed by atoms with E-state index in [9.17, 15) is 0 Å². The topological polar surface area (TPSA) is 54.7 Å². The van der Waals surface area contributed by atoms with E-state index in [0.717, 1.165) is 24.1 Å². The Balaban J connectivity index is 1.48. The van der Waals surface area contributed by atoms with Gasteiger partial charge in [-0.15, -0.1) is 0 Å². The lowest BCUT2D eigenvalue weighted by Gasteiger charge is -2.22. The first kappa shape index (κ1) is 20.7. The fourth-order valence-corrected chi connectivity index (χ4v) is 3.04. The molecule has 0 radical (unpaired) electrons. The number of guanidine groups is 1. The molecule has 0 unspecified atom stereocenters. The van der Waals surface area contributed by atoms with E-state index < -0.39 is 0 Å². The summed E-state index contributed by atoms with van der Waals surface area (Å²) in [4.78, 5) is 10.9. The number of aliphatic imine (C=N–C) groups is 1. The van der Waals surface area contributed by atoms with Crippen LogP contribution < -0.4 is 10.1 Å². The Morgan fingerprint density at radius 2 is 1.93 bits per heavy atom. The molecule has 0 spiro atoms. The maximum atomic E-state index is 5.90. The highest BCUT2D eigenvalue weighted by Crippen LogP contribution is 2.15. The van der Waals surface area contributed by atoms with E-state index in [1.54, 1.807) is 7.05 Å². The van der Waals surface area contributed by atoms with Crippen molar-refractivity contribution in [1.29, 1.82) is 0 Å². The van der Waals surface area contributed by atoms with Gasteiger partial charge in [-0.1, -0.05) is 41.9 Å². The van der Waals surface area contributed by atoms with E-state index in [1.165, 1.54) is 5.56 Å². The first-order valence-electron chi connectivity index (χ1n) is 9.50. The van der Waals surface area contributed by atoms with Crippen LogP contribution in [0.25, 0.3) is 0 Å². The van der Waals surface area contributed by atoms with Crippen molar-refractivity contribution in [3.63, 3.8) is 0 Å². The summed E-state index contributed by atoms with van der Waals surface area (Å²) in [5, 5.41) is 4.07. The molecule has 3 aromatic rings. The summed E-state index contributed by atoms with van der Waals surface area (Å²) in [6.07, 6.45) is 3.82. The van der Waals surface area contributed by atoms with Gasteiger partial charge >= 0.3 is 0 Å². The van der Waals surface area contributed by atoms with Crippen molar-refractivity contribution < 1.29 is 4.74 Å². The van der Waals surface area contributed by atoms with Crippen molar-refractivity contribution >= 4 is 17.6 Å². The van der Waals surface area contributed by atoms with E-state index in [2.05, 4.69) is 32.0 Å². The summed E-state index contributed by atoms with van der Waals surface area (Å²) in [6, 6.07) is 17.7. The number of rotatable bonds is 8. The summed E-state index contributed by atoms with van der Waals surface area (Å²) in [5.41, 5.74) is 1.24. The van der Waals surface area contributed by atoms with E-state index in [1.807, 2.05) is 66.8 Å². The highest BCUT2D eigenvalue weighted by Gasteiger charge is 2.09. The number of hydrogen-bond donors (Lipinski definition) is 1. The van der Waals surface area contributed by atoms with Gasteiger partial charge in [-0.3, -0.25) is 4.99 Å². The smallest absolute Gasteiger partial charge is 0.193 e. The molecule has 0 atom stereocenters. The Kier molecular flexibility index (Phi) is 7.53. The van der Waals surface area contributed by atoms with Crippen molar-refractivity contribution in [3.05, 3.63) is 83.4 Å². The van der Waals surface area contributed by atoms with Gasteiger partial charge in [0.1, 0.15) is 18.2 Å². The van der Waals surface area contributed by atoms with Crippen molar-refractivity contribution in [3.8, 4) is 5.75 Å². The van der Waals surface area contributed by atoms with Crippen LogP contribution in [-0.4, -0.2) is 47.7 Å². The van der Waals surface area contributed by atoms with Crippen molar-refractivity contribution in [1.82, 2.24) is 19.8 Å². The van der Waals surface area contributed by atoms with E-state index in [0.29, 0.717) is 24.7 Å². The predicted octanol–water partition coefficient (Wildman–Crippen LogP) is 3.67. The molecule has 0 aliphatic heterocycles. The first-order chi connectivity index (χ1) is 14.2. The van der Waals surface area contributed by atoms with Crippen LogP contribution in [-0.2, 0) is 13.1 Å². The fraction of sp³-hybridized carbons (Fsp3) is 0.273. The number of nitrogens with zero attached hydrogens (tertiary/aromatic N) is 4. The van der Waals surface area contributed by atoms with E-state index in [-0.39, 0.29) is 0 Å². The summed E-state index contributed by atoms with van der Waals surface area (Å²) in [7, 11) is 3.76. The van der Waals surface area contributed by atoms with Crippen LogP contribution in [0.5, 0.6) is 5.75 Å². The lowest BCUT2D eigenvalue weighted by molar-refractivity contribution is 0.281. The number of ether oxygens (including phenoxy) is 1. The zero-order valence-corrected chi connectivity index (χ0v) is 17.5. The summed E-state index contributed by atoms with van der Waals surface area (Å²) >= 11 is 5.90. The number of benzene rings is 2. The molecular weight excluding hydrogens is 386 g/mol. The number of hydrogen-bond acceptors (Lipinski definition) is 3. The fourth-order valence-electron chi connectivity index (χ4n) is 2.91. The van der Waals surface area contributed by atoms with Crippen LogP contribution in [0.3, 0.4) is 0 Å². The molecule has 7 heteroatoms. The second kappa shape index (κ2) is 10.5. The summed E-state index contributed by atoms with van der Waals surface area (Å²) in [6.45, 7) is 2.62. The highest BCUT2D eigenvalue weighted by atomic mass is 35.5. The van der Waals surface area contributed by atoms with Crippen LogP contribution in [0, 0.1) is 0 Å². The third-order valence-corrected chi connectivity index (χ3v) is 4.74. The third kappa shape index (κ3) is 6.26. The molecule has 2 aromatic carbocycles. The minimum Gasteiger partial charge on any atom is -0.492 e. The number of nitrogens with one attached hydrogen (secondary N) is 1. The summed E-state index contributed by atoms with van der Waals surface area (Å²) < 4.78 is 7.90. The standard InChI is InChI=1S/C22H26ClN5O/c1-24-22(27(2)14-15-29-20-10-8-19(23)9-11-20)26-16-21-25-12-13-28(21)17-18-6-4-3-5-7-18/h3-13H,14-17H2,1-2H3,(H,24,26). The minimum absolute atomic E-state index is 0.543. The molecule has 0 aliphatic rings. The molecule has 3 rings (SSSR count). The van der Waals surface area contributed by atoms with Gasteiger partial charge in [0.25, 0.3) is 0 Å². The average molecular weight is 412 g/mol. The summed E-state index contributed by atoms with van der Waals surface area (Å²) in [5.74, 6) is 2.55. The first-order valence-corrected chi connectivity index (χ1v) is 9.87. The molecule has 0 fully saturated rings. The Labute approximate surface area is 176 Å². The van der Waals surface area contributed by atoms with Gasteiger partial charge in [0.2, 0.25) is 0 Å². The molecule has 6 nitrogen and oxygen atoms in total. The third-order valence-electron chi connectivity index (χ3n) is 4.48. The number of aromatic nitrogens is 2. The van der Waals surface area contributed by atoms with E-state index in [4.69, 9.17) is 16.3 Å². The second-order valence-electron chi connectivity index (χ2n) is 6.58. The van der Waals surface area contributed by atoms with Gasteiger partial charge < -0.3 is 19.5 Å². The second-order valence-corrected chi connectivity index (χ2v) is 7.02. The Morgan fingerprint density at radius 1 is 1.17 bits per heavy atom. The number of halogens is 1. The Morgan fingerprint density at radius 3 is 2.66 bits per heavy atom. The van der Waals surface area contributed by atoms with Gasteiger partial charge in [-0.25, -0.2) is 4.98 Å². The van der Waals surface area contributed by atoms with E-state index >= 15 is 0 Å². The maximum Gasteiger partial charge on any atom is 0.193 e. The molecule has 0 amide bonds. The minimum atomic E-state index is 0.543. The molecule has 152 valence electrons. The predicted molar refractivity (Wildman–Crippen MR) is 118 cm³/mol. The zero-order chi connectivity index (χ0) is 20.5. The van der Waals surface area contributed by atoms with Gasteiger partial charge in [0.05, 0.1) is 13.1 Å². The quantitative estimate of drug-likeness (QED) is 0.454. The van der Waals surface area contributed by atoms with Crippen LogP contribution in [0.4, 0.5) is 0 Å². The van der Waals surface area contributed by atoms with Gasteiger partial charge in [-0.2, -0.15) is 0 Å². The number of imidazole rings is 1. The van der Waals surface area contributed by atoms with Gasteiger partial charge in [0, 0.05) is 38.1 Å². The molecular formula is C22H26ClN5O. The van der Waals surface area contributed by atoms with Crippen LogP contribution in [0.2, 0.25) is 5.02 Å². The van der Waals surface area contributed by atoms with Crippen LogP contribution >= 0.6 is 11.6 Å². The number of likely N-dealkylation sites (N-methyl/N-ethyl adjacent to an activating group) is 1. The highest BCUT2D eigenvalue weighted by molar-refractivity contribution is 6.30. The van der Waals surface area contributed by atoms with Gasteiger partial charge in [0.15, 0.2) is 5.96 Å². The van der Waals surface area contributed by atoms with Gasteiger partial charge in [-0.05, 0) is 29.8 Å². The maximum absolute atomic E-state index is 5.90. The molecule has 0 aliphatic carbocycles. The molecule has 0 saturated heterocycles. The molecule has 1 heterocycles. The molecule has 29 heavy (non-hydrogen) atoms. The Hall–Kier alpha value is -2.99. The van der Waals surface area contributed by atoms with Crippen LogP contribution in [0.1, 0.15) is 11.4 Å². The lowest BCUT2D eigenvalue weighted by Crippen LogP contribution is -2.40. The lowest BCUT2D eigenvalue weighted by atomic mass is 10.2. The molecule has 0 saturated carbocycles. The zero-order valence-electron chi connectivity index (χ0n) is 16.8. The van der Waals surface area contributed by atoms with Crippen molar-refractivity contribution in [2.24, 2.45) is 4.99 Å². The van der Waals surface area contributed by atoms with Crippen molar-refractivity contribution in [2.75, 3.05) is 27.2 Å². The van der Waals surface area contributed by atoms with Crippen LogP contribution in [0.15, 0.2) is 72.0 Å². The van der Waals surface area contributed by atoms with Crippen molar-refractivity contribution in [2.45, 2.75) is 13.1 Å². The monoisotopic (exact) mass is 411 g/mol. The SMILES string of the molecule is CN=C(NCc1nccn1Cc1ccccc1)N(C)CCOc1ccc(Cl)cc1. The largest absolute Gasteiger partial charge is 0.492 e. The Bertz CT molecular complexity index is 908.